The van der Waals surface area contributed by atoms with Crippen molar-refractivity contribution in [1.29, 1.82) is 0 Å². The van der Waals surface area contributed by atoms with Crippen molar-refractivity contribution in [2.24, 2.45) is 0 Å². The zero-order valence-electron chi connectivity index (χ0n) is 12.2. The Morgan fingerprint density at radius 3 is 2.85 bits per heavy atom. The van der Waals surface area contributed by atoms with Crippen LogP contribution in [0.3, 0.4) is 0 Å². The number of alkyl halides is 1. The van der Waals surface area contributed by atoms with Gasteiger partial charge in [0.25, 0.3) is 0 Å². The minimum atomic E-state index is -0.635. The molecular formula is C15H20BrNO3. The van der Waals surface area contributed by atoms with Gasteiger partial charge in [0, 0.05) is 18.1 Å². The summed E-state index contributed by atoms with van der Waals surface area (Å²) in [6.45, 7) is 8.10. The van der Waals surface area contributed by atoms with Crippen LogP contribution in [0.4, 0.5) is 5.69 Å². The number of hydrogen-bond donors (Lipinski definition) is 1. The molecule has 110 valence electrons. The number of carbonyl (C=O) groups excluding carboxylic acids is 1. The maximum absolute atomic E-state index is 12.1. The zero-order valence-corrected chi connectivity index (χ0v) is 13.8. The lowest BCUT2D eigenvalue weighted by Crippen LogP contribution is -2.31. The standard InChI is InChI=1S/C15H20BrNO3/c1-5-19-13-7-10-6-9(2)20-12(10)8-11(13)17-14(18)15(3,4)16/h7-9H,5-6H2,1-4H3,(H,17,18). The van der Waals surface area contributed by atoms with E-state index in [0.29, 0.717) is 18.0 Å². The molecule has 1 aromatic carbocycles. The molecule has 20 heavy (non-hydrogen) atoms. The monoisotopic (exact) mass is 341 g/mol. The molecule has 0 aromatic heterocycles. The largest absolute Gasteiger partial charge is 0.492 e. The molecule has 0 spiro atoms. The van der Waals surface area contributed by atoms with Crippen molar-refractivity contribution in [3.63, 3.8) is 0 Å². The first-order valence-corrected chi connectivity index (χ1v) is 7.57. The number of benzene rings is 1. The molecule has 0 radical (unpaired) electrons. The van der Waals surface area contributed by atoms with E-state index in [4.69, 9.17) is 9.47 Å². The molecule has 1 amide bonds. The Labute approximate surface area is 128 Å². The highest BCUT2D eigenvalue weighted by Gasteiger charge is 2.27. The summed E-state index contributed by atoms with van der Waals surface area (Å²) in [6, 6.07) is 3.81. The summed E-state index contributed by atoms with van der Waals surface area (Å²) >= 11 is 3.35. The van der Waals surface area contributed by atoms with Gasteiger partial charge in [-0.05, 0) is 33.8 Å². The van der Waals surface area contributed by atoms with Crippen LogP contribution in [0.15, 0.2) is 12.1 Å². The van der Waals surface area contributed by atoms with E-state index in [9.17, 15) is 4.79 Å². The van der Waals surface area contributed by atoms with Gasteiger partial charge in [-0.2, -0.15) is 0 Å². The van der Waals surface area contributed by atoms with Gasteiger partial charge in [0.15, 0.2) is 0 Å². The molecule has 1 N–H and O–H groups in total. The average Bonchev–Trinajstić information content (AvgIpc) is 2.67. The number of fused-ring (bicyclic) bond motifs is 1. The van der Waals surface area contributed by atoms with Gasteiger partial charge in [-0.1, -0.05) is 15.9 Å². The minimum absolute atomic E-state index is 0.121. The van der Waals surface area contributed by atoms with Crippen molar-refractivity contribution in [3.8, 4) is 11.5 Å². The number of halogens is 1. The van der Waals surface area contributed by atoms with E-state index in [1.165, 1.54) is 0 Å². The molecular weight excluding hydrogens is 322 g/mol. The molecule has 0 aliphatic carbocycles. The molecule has 0 bridgehead atoms. The van der Waals surface area contributed by atoms with Crippen LogP contribution in [-0.2, 0) is 11.2 Å². The Balaban J connectivity index is 2.32. The predicted octanol–water partition coefficient (Wildman–Crippen LogP) is 3.52. The Hall–Kier alpha value is -1.23. The third kappa shape index (κ3) is 3.26. The summed E-state index contributed by atoms with van der Waals surface area (Å²) in [5.74, 6) is 1.39. The molecule has 0 fully saturated rings. The Kier molecular flexibility index (Phi) is 4.28. The summed E-state index contributed by atoms with van der Waals surface area (Å²) in [4.78, 5) is 12.1. The Morgan fingerprint density at radius 1 is 1.55 bits per heavy atom. The summed E-state index contributed by atoms with van der Waals surface area (Å²) in [5.41, 5.74) is 1.77. The normalized spacial score (nSPS) is 17.4. The molecule has 1 heterocycles. The van der Waals surface area contributed by atoms with Crippen LogP contribution in [0.25, 0.3) is 0 Å². The fraction of sp³-hybridized carbons (Fsp3) is 0.533. The quantitative estimate of drug-likeness (QED) is 0.852. The van der Waals surface area contributed by atoms with Gasteiger partial charge in [-0.3, -0.25) is 4.79 Å². The van der Waals surface area contributed by atoms with Gasteiger partial charge >= 0.3 is 0 Å². The van der Waals surface area contributed by atoms with E-state index in [2.05, 4.69) is 21.2 Å². The van der Waals surface area contributed by atoms with Crippen molar-refractivity contribution >= 4 is 27.5 Å². The third-order valence-electron chi connectivity index (χ3n) is 3.09. The van der Waals surface area contributed by atoms with E-state index in [1.54, 1.807) is 13.8 Å². The molecule has 2 rings (SSSR count). The Morgan fingerprint density at radius 2 is 2.25 bits per heavy atom. The number of amides is 1. The number of nitrogens with one attached hydrogen (secondary N) is 1. The molecule has 4 nitrogen and oxygen atoms in total. The van der Waals surface area contributed by atoms with Gasteiger partial charge in [-0.25, -0.2) is 0 Å². The Bertz CT molecular complexity index is 523. The van der Waals surface area contributed by atoms with Gasteiger partial charge < -0.3 is 14.8 Å². The van der Waals surface area contributed by atoms with Crippen LogP contribution >= 0.6 is 15.9 Å². The second kappa shape index (κ2) is 5.64. The number of hydrogen-bond acceptors (Lipinski definition) is 3. The highest BCUT2D eigenvalue weighted by Crippen LogP contribution is 2.38. The summed E-state index contributed by atoms with van der Waals surface area (Å²) in [6.07, 6.45) is 1.03. The molecule has 1 atom stereocenters. The van der Waals surface area contributed by atoms with Crippen LogP contribution in [0.5, 0.6) is 11.5 Å². The van der Waals surface area contributed by atoms with E-state index >= 15 is 0 Å². The number of anilines is 1. The van der Waals surface area contributed by atoms with Crippen LogP contribution < -0.4 is 14.8 Å². The molecule has 1 aliphatic rings. The van der Waals surface area contributed by atoms with Gasteiger partial charge in [0.2, 0.25) is 5.91 Å². The maximum atomic E-state index is 12.1. The first-order chi connectivity index (χ1) is 9.31. The van der Waals surface area contributed by atoms with E-state index < -0.39 is 4.32 Å². The van der Waals surface area contributed by atoms with Crippen molar-refractivity contribution in [3.05, 3.63) is 17.7 Å². The molecule has 1 aromatic rings. The second-order valence-corrected chi connectivity index (χ2v) is 7.43. The van der Waals surface area contributed by atoms with E-state index in [-0.39, 0.29) is 12.0 Å². The van der Waals surface area contributed by atoms with E-state index in [1.807, 2.05) is 26.0 Å². The summed E-state index contributed by atoms with van der Waals surface area (Å²) in [5, 5.41) is 2.89. The molecule has 1 unspecified atom stereocenters. The maximum Gasteiger partial charge on any atom is 0.240 e. The smallest absolute Gasteiger partial charge is 0.240 e. The fourth-order valence-electron chi connectivity index (χ4n) is 2.08. The van der Waals surface area contributed by atoms with Crippen molar-refractivity contribution in [2.75, 3.05) is 11.9 Å². The average molecular weight is 342 g/mol. The summed E-state index contributed by atoms with van der Waals surface area (Å²) < 4.78 is 10.7. The van der Waals surface area contributed by atoms with Crippen molar-refractivity contribution in [2.45, 2.75) is 44.5 Å². The lowest BCUT2D eigenvalue weighted by Gasteiger charge is -2.18. The number of rotatable bonds is 4. The molecule has 1 aliphatic heterocycles. The van der Waals surface area contributed by atoms with Gasteiger partial charge in [0.05, 0.1) is 16.6 Å². The van der Waals surface area contributed by atoms with Crippen molar-refractivity contribution < 1.29 is 14.3 Å². The first-order valence-electron chi connectivity index (χ1n) is 6.78. The second-order valence-electron chi connectivity index (χ2n) is 5.45. The topological polar surface area (TPSA) is 47.6 Å². The van der Waals surface area contributed by atoms with Crippen LogP contribution in [0.2, 0.25) is 0 Å². The highest BCUT2D eigenvalue weighted by atomic mass is 79.9. The number of ether oxygens (including phenoxy) is 2. The molecule has 0 saturated carbocycles. The molecule has 5 heteroatoms. The van der Waals surface area contributed by atoms with Crippen LogP contribution in [0.1, 0.15) is 33.3 Å². The highest BCUT2D eigenvalue weighted by molar-refractivity contribution is 9.10. The lowest BCUT2D eigenvalue weighted by molar-refractivity contribution is -0.117. The summed E-state index contributed by atoms with van der Waals surface area (Å²) in [7, 11) is 0. The van der Waals surface area contributed by atoms with Crippen LogP contribution in [0, 0.1) is 0 Å². The fourth-order valence-corrected chi connectivity index (χ4v) is 2.18. The van der Waals surface area contributed by atoms with Gasteiger partial charge in [-0.15, -0.1) is 0 Å². The van der Waals surface area contributed by atoms with Crippen molar-refractivity contribution in [1.82, 2.24) is 0 Å². The van der Waals surface area contributed by atoms with Crippen LogP contribution in [-0.4, -0.2) is 22.9 Å². The predicted molar refractivity (Wildman–Crippen MR) is 83.0 cm³/mol. The first kappa shape index (κ1) is 15.2. The lowest BCUT2D eigenvalue weighted by atomic mass is 10.1. The third-order valence-corrected chi connectivity index (χ3v) is 3.45. The van der Waals surface area contributed by atoms with Gasteiger partial charge in [0.1, 0.15) is 17.6 Å². The SMILES string of the molecule is CCOc1cc2c(cc1NC(=O)C(C)(C)Br)OC(C)C2. The zero-order chi connectivity index (χ0) is 14.9. The minimum Gasteiger partial charge on any atom is -0.492 e. The molecule has 0 saturated heterocycles. The van der Waals surface area contributed by atoms with E-state index in [0.717, 1.165) is 17.7 Å². The number of carbonyl (C=O) groups is 1.